The van der Waals surface area contributed by atoms with Crippen LogP contribution in [0.4, 0.5) is 9.93 Å². The quantitative estimate of drug-likeness (QED) is 0.866. The number of aromatic nitrogens is 1. The van der Waals surface area contributed by atoms with E-state index in [1.165, 1.54) is 11.3 Å². The standard InChI is InChI=1S/C12H21N3O2S/c1-7-8(12(5,6)13)18-9(14-7)15-10(16)17-11(2,3)4/h13H2,1-6H3,(H,14,15,16). The van der Waals surface area contributed by atoms with Gasteiger partial charge in [-0.15, -0.1) is 0 Å². The maximum Gasteiger partial charge on any atom is 0.413 e. The number of rotatable bonds is 2. The summed E-state index contributed by atoms with van der Waals surface area (Å²) < 4.78 is 5.16. The van der Waals surface area contributed by atoms with Crippen LogP contribution in [0.5, 0.6) is 0 Å². The molecular weight excluding hydrogens is 250 g/mol. The molecule has 1 aromatic heterocycles. The van der Waals surface area contributed by atoms with Crippen LogP contribution in [0, 0.1) is 6.92 Å². The Balaban J connectivity index is 2.79. The van der Waals surface area contributed by atoms with Crippen molar-refractivity contribution in [3.05, 3.63) is 10.6 Å². The molecule has 0 saturated heterocycles. The molecule has 1 heterocycles. The van der Waals surface area contributed by atoms with E-state index in [0.29, 0.717) is 5.13 Å². The molecule has 102 valence electrons. The van der Waals surface area contributed by atoms with Gasteiger partial charge in [0, 0.05) is 10.4 Å². The van der Waals surface area contributed by atoms with Crippen LogP contribution in [-0.2, 0) is 10.3 Å². The van der Waals surface area contributed by atoms with Crippen LogP contribution in [0.2, 0.25) is 0 Å². The lowest BCUT2D eigenvalue weighted by Crippen LogP contribution is -2.28. The number of ether oxygens (including phenoxy) is 1. The van der Waals surface area contributed by atoms with Crippen molar-refractivity contribution >= 4 is 22.6 Å². The van der Waals surface area contributed by atoms with Gasteiger partial charge in [-0.1, -0.05) is 11.3 Å². The molecule has 5 nitrogen and oxygen atoms in total. The maximum atomic E-state index is 11.6. The van der Waals surface area contributed by atoms with E-state index >= 15 is 0 Å². The summed E-state index contributed by atoms with van der Waals surface area (Å²) in [5.41, 5.74) is 5.88. The topological polar surface area (TPSA) is 77.2 Å². The highest BCUT2D eigenvalue weighted by Gasteiger charge is 2.23. The summed E-state index contributed by atoms with van der Waals surface area (Å²) in [6.45, 7) is 11.1. The Morgan fingerprint density at radius 1 is 1.33 bits per heavy atom. The Morgan fingerprint density at radius 2 is 1.89 bits per heavy atom. The molecule has 0 fully saturated rings. The number of thiazole rings is 1. The van der Waals surface area contributed by atoms with Crippen LogP contribution in [0.1, 0.15) is 45.2 Å². The van der Waals surface area contributed by atoms with Gasteiger partial charge in [-0.25, -0.2) is 9.78 Å². The summed E-state index contributed by atoms with van der Waals surface area (Å²) in [6.07, 6.45) is -0.502. The molecule has 0 spiro atoms. The van der Waals surface area contributed by atoms with Crippen molar-refractivity contribution < 1.29 is 9.53 Å². The second-order valence-corrected chi connectivity index (χ2v) is 6.78. The third-order valence-corrected chi connectivity index (χ3v) is 3.40. The first-order valence-electron chi connectivity index (χ1n) is 5.76. The summed E-state index contributed by atoms with van der Waals surface area (Å²) >= 11 is 1.37. The number of nitrogens with one attached hydrogen (secondary N) is 1. The van der Waals surface area contributed by atoms with E-state index in [1.807, 2.05) is 41.5 Å². The zero-order valence-electron chi connectivity index (χ0n) is 11.7. The van der Waals surface area contributed by atoms with Crippen molar-refractivity contribution in [1.29, 1.82) is 0 Å². The van der Waals surface area contributed by atoms with Crippen molar-refractivity contribution in [2.75, 3.05) is 5.32 Å². The monoisotopic (exact) mass is 271 g/mol. The lowest BCUT2D eigenvalue weighted by molar-refractivity contribution is 0.0636. The third kappa shape index (κ3) is 4.27. The normalized spacial score (nSPS) is 12.4. The molecule has 0 bridgehead atoms. The fourth-order valence-electron chi connectivity index (χ4n) is 1.44. The van der Waals surface area contributed by atoms with E-state index < -0.39 is 17.2 Å². The molecule has 0 aliphatic carbocycles. The van der Waals surface area contributed by atoms with Gasteiger partial charge in [-0.3, -0.25) is 5.32 Å². The fraction of sp³-hybridized carbons (Fsp3) is 0.667. The minimum absolute atomic E-state index is 0.463. The van der Waals surface area contributed by atoms with Crippen LogP contribution in [0.3, 0.4) is 0 Å². The van der Waals surface area contributed by atoms with Crippen LogP contribution in [0.15, 0.2) is 0 Å². The average Bonchev–Trinajstić information content (AvgIpc) is 2.41. The van der Waals surface area contributed by atoms with Crippen LogP contribution < -0.4 is 11.1 Å². The van der Waals surface area contributed by atoms with Gasteiger partial charge in [-0.2, -0.15) is 0 Å². The number of hydrogen-bond acceptors (Lipinski definition) is 5. The van der Waals surface area contributed by atoms with Gasteiger partial charge in [0.1, 0.15) is 5.60 Å². The second-order valence-electron chi connectivity index (χ2n) is 5.78. The Kier molecular flexibility index (Phi) is 4.02. The van der Waals surface area contributed by atoms with Crippen LogP contribution in [-0.4, -0.2) is 16.7 Å². The van der Waals surface area contributed by atoms with Crippen molar-refractivity contribution in [2.45, 2.75) is 52.7 Å². The lowest BCUT2D eigenvalue weighted by Gasteiger charge is -2.19. The number of carbonyl (C=O) groups is 1. The third-order valence-electron chi connectivity index (χ3n) is 1.99. The molecule has 1 aromatic rings. The van der Waals surface area contributed by atoms with Gasteiger partial charge < -0.3 is 10.5 Å². The molecule has 0 radical (unpaired) electrons. The van der Waals surface area contributed by atoms with Crippen molar-refractivity contribution in [3.8, 4) is 0 Å². The Morgan fingerprint density at radius 3 is 2.28 bits per heavy atom. The Hall–Kier alpha value is -1.14. The first kappa shape index (κ1) is 14.9. The van der Waals surface area contributed by atoms with E-state index in [4.69, 9.17) is 10.5 Å². The van der Waals surface area contributed by atoms with E-state index in [1.54, 1.807) is 0 Å². The summed E-state index contributed by atoms with van der Waals surface area (Å²) in [5.74, 6) is 0. The van der Waals surface area contributed by atoms with Gasteiger partial charge >= 0.3 is 6.09 Å². The smallest absolute Gasteiger partial charge is 0.413 e. The zero-order chi connectivity index (χ0) is 14.1. The predicted octanol–water partition coefficient (Wildman–Crippen LogP) is 2.99. The predicted molar refractivity (Wildman–Crippen MR) is 73.9 cm³/mol. The fourth-order valence-corrected chi connectivity index (χ4v) is 2.41. The molecule has 3 N–H and O–H groups in total. The van der Waals surface area contributed by atoms with Crippen LogP contribution in [0.25, 0.3) is 0 Å². The number of amides is 1. The van der Waals surface area contributed by atoms with E-state index in [2.05, 4.69) is 10.3 Å². The average molecular weight is 271 g/mol. The molecule has 0 aliphatic heterocycles. The maximum absolute atomic E-state index is 11.6. The zero-order valence-corrected chi connectivity index (χ0v) is 12.6. The molecule has 6 heteroatoms. The summed E-state index contributed by atoms with van der Waals surface area (Å²) in [6, 6.07) is 0. The molecule has 0 aromatic carbocycles. The first-order valence-corrected chi connectivity index (χ1v) is 6.57. The summed E-state index contributed by atoms with van der Waals surface area (Å²) in [5, 5.41) is 3.13. The van der Waals surface area contributed by atoms with E-state index in [9.17, 15) is 4.79 Å². The summed E-state index contributed by atoms with van der Waals surface area (Å²) in [7, 11) is 0. The molecular formula is C12H21N3O2S. The number of nitrogens with zero attached hydrogens (tertiary/aromatic N) is 1. The molecule has 0 aliphatic rings. The molecule has 1 amide bonds. The van der Waals surface area contributed by atoms with Gasteiger partial charge in [0.2, 0.25) is 0 Å². The Bertz CT molecular complexity index is 441. The van der Waals surface area contributed by atoms with Crippen molar-refractivity contribution in [2.24, 2.45) is 5.73 Å². The van der Waals surface area contributed by atoms with Crippen LogP contribution >= 0.6 is 11.3 Å². The number of nitrogens with two attached hydrogens (primary N) is 1. The number of carbonyl (C=O) groups excluding carboxylic acids is 1. The number of anilines is 1. The van der Waals surface area contributed by atoms with Crippen molar-refractivity contribution in [3.63, 3.8) is 0 Å². The highest BCUT2D eigenvalue weighted by Crippen LogP contribution is 2.30. The number of hydrogen-bond donors (Lipinski definition) is 2. The second kappa shape index (κ2) is 4.85. The van der Waals surface area contributed by atoms with Crippen molar-refractivity contribution in [1.82, 2.24) is 4.98 Å². The Labute approximate surface area is 112 Å². The molecule has 1 rings (SSSR count). The SMILES string of the molecule is Cc1nc(NC(=O)OC(C)(C)C)sc1C(C)(C)N. The first-order chi connectivity index (χ1) is 7.99. The van der Waals surface area contributed by atoms with E-state index in [-0.39, 0.29) is 0 Å². The lowest BCUT2D eigenvalue weighted by atomic mass is 10.0. The highest BCUT2D eigenvalue weighted by molar-refractivity contribution is 7.16. The molecule has 0 saturated carbocycles. The summed E-state index contributed by atoms with van der Waals surface area (Å²) in [4.78, 5) is 16.8. The van der Waals surface area contributed by atoms with E-state index in [0.717, 1.165) is 10.6 Å². The minimum Gasteiger partial charge on any atom is -0.444 e. The van der Waals surface area contributed by atoms with Gasteiger partial charge in [0.25, 0.3) is 0 Å². The molecule has 18 heavy (non-hydrogen) atoms. The highest BCUT2D eigenvalue weighted by atomic mass is 32.1. The van der Waals surface area contributed by atoms with Gasteiger partial charge in [-0.05, 0) is 41.5 Å². The minimum atomic E-state index is -0.521. The largest absolute Gasteiger partial charge is 0.444 e. The van der Waals surface area contributed by atoms with Gasteiger partial charge in [0.05, 0.1) is 5.69 Å². The van der Waals surface area contributed by atoms with Gasteiger partial charge in [0.15, 0.2) is 5.13 Å². The number of aryl methyl sites for hydroxylation is 1. The molecule has 0 unspecified atom stereocenters. The molecule has 0 atom stereocenters.